The van der Waals surface area contributed by atoms with E-state index in [1.165, 1.54) is 0 Å². The van der Waals surface area contributed by atoms with E-state index >= 15 is 0 Å². The average Bonchev–Trinajstić information content (AvgIpc) is 2.48. The number of carbonyl (C=O) groups excluding carboxylic acids is 1. The molecule has 1 N–H and O–H groups in total. The summed E-state index contributed by atoms with van der Waals surface area (Å²) in [6, 6.07) is 5.56. The summed E-state index contributed by atoms with van der Waals surface area (Å²) in [5.74, 6) is 1.33. The summed E-state index contributed by atoms with van der Waals surface area (Å²) in [6.45, 7) is 7.04. The first-order valence-electron chi connectivity index (χ1n) is 7.42. The third-order valence-electron chi connectivity index (χ3n) is 2.73. The summed E-state index contributed by atoms with van der Waals surface area (Å²) in [5, 5.41) is 3.95. The monoisotopic (exact) mass is 292 g/mol. The second-order valence-corrected chi connectivity index (χ2v) is 4.47. The fourth-order valence-electron chi connectivity index (χ4n) is 1.72. The zero-order valence-electron chi connectivity index (χ0n) is 13.0. The molecule has 0 spiro atoms. The van der Waals surface area contributed by atoms with E-state index in [-0.39, 0.29) is 5.91 Å². The first kappa shape index (κ1) is 17.0. The molecule has 0 aliphatic heterocycles. The molecular weight excluding hydrogens is 268 g/mol. The maximum atomic E-state index is 11.4. The topological polar surface area (TPSA) is 59.9 Å². The van der Waals surface area contributed by atoms with Gasteiger partial charge in [0.1, 0.15) is 0 Å². The highest BCUT2D eigenvalue weighted by Crippen LogP contribution is 2.27. The molecule has 0 saturated carbocycles. The number of benzene rings is 1. The van der Waals surface area contributed by atoms with Crippen LogP contribution in [-0.4, -0.2) is 25.3 Å². The molecule has 1 amide bonds. The Labute approximate surface area is 126 Å². The summed E-state index contributed by atoms with van der Waals surface area (Å²) in [7, 11) is 0. The number of rotatable bonds is 9. The van der Waals surface area contributed by atoms with Crippen molar-refractivity contribution in [2.24, 2.45) is 5.10 Å². The number of amides is 1. The van der Waals surface area contributed by atoms with E-state index < -0.39 is 0 Å². The lowest BCUT2D eigenvalue weighted by Crippen LogP contribution is -2.16. The van der Waals surface area contributed by atoms with Crippen LogP contribution in [0.5, 0.6) is 11.5 Å². The number of hydrazone groups is 1. The standard InChI is InChI=1S/C16H24N2O3/c1-4-7-8-16(19)18-17-12-13-9-10-14(20-5-2)15(11-13)21-6-3/h9-12H,4-8H2,1-3H3,(H,18,19)/b17-12-. The molecule has 0 radical (unpaired) electrons. The van der Waals surface area contributed by atoms with Crippen molar-refractivity contribution in [3.05, 3.63) is 23.8 Å². The molecule has 1 aromatic rings. The molecule has 21 heavy (non-hydrogen) atoms. The quantitative estimate of drug-likeness (QED) is 0.562. The number of nitrogens with zero attached hydrogens (tertiary/aromatic N) is 1. The van der Waals surface area contributed by atoms with Crippen molar-refractivity contribution in [3.8, 4) is 11.5 Å². The van der Waals surface area contributed by atoms with Crippen LogP contribution in [0, 0.1) is 0 Å². The van der Waals surface area contributed by atoms with Gasteiger partial charge in [-0.3, -0.25) is 4.79 Å². The van der Waals surface area contributed by atoms with E-state index in [1.807, 2.05) is 39.0 Å². The highest BCUT2D eigenvalue weighted by atomic mass is 16.5. The second-order valence-electron chi connectivity index (χ2n) is 4.47. The number of carbonyl (C=O) groups is 1. The van der Waals surface area contributed by atoms with Gasteiger partial charge in [0.05, 0.1) is 19.4 Å². The van der Waals surface area contributed by atoms with Crippen LogP contribution in [0.25, 0.3) is 0 Å². The maximum absolute atomic E-state index is 11.4. The van der Waals surface area contributed by atoms with Gasteiger partial charge >= 0.3 is 0 Å². The molecule has 0 aromatic heterocycles. The number of hydrogen-bond donors (Lipinski definition) is 1. The summed E-state index contributed by atoms with van der Waals surface area (Å²) < 4.78 is 11.0. The van der Waals surface area contributed by atoms with E-state index in [1.54, 1.807) is 6.21 Å². The Bertz CT molecular complexity index is 473. The number of ether oxygens (including phenoxy) is 2. The Kier molecular flexibility index (Phi) is 7.94. The van der Waals surface area contributed by atoms with Crippen LogP contribution in [0.3, 0.4) is 0 Å². The van der Waals surface area contributed by atoms with Crippen molar-refractivity contribution in [3.63, 3.8) is 0 Å². The molecule has 0 aliphatic rings. The highest BCUT2D eigenvalue weighted by Gasteiger charge is 2.05. The van der Waals surface area contributed by atoms with Gasteiger partial charge in [0.2, 0.25) is 5.91 Å². The van der Waals surface area contributed by atoms with E-state index in [2.05, 4.69) is 10.5 Å². The Morgan fingerprint density at radius 3 is 2.57 bits per heavy atom. The lowest BCUT2D eigenvalue weighted by Gasteiger charge is -2.11. The van der Waals surface area contributed by atoms with Crippen LogP contribution in [-0.2, 0) is 4.79 Å². The van der Waals surface area contributed by atoms with Crippen LogP contribution in [0.4, 0.5) is 0 Å². The van der Waals surface area contributed by atoms with Gasteiger partial charge < -0.3 is 9.47 Å². The molecule has 0 atom stereocenters. The molecule has 0 saturated heterocycles. The van der Waals surface area contributed by atoms with Crippen molar-refractivity contribution in [2.75, 3.05) is 13.2 Å². The smallest absolute Gasteiger partial charge is 0.240 e. The van der Waals surface area contributed by atoms with Crippen molar-refractivity contribution in [1.82, 2.24) is 5.43 Å². The Morgan fingerprint density at radius 1 is 1.19 bits per heavy atom. The first-order valence-corrected chi connectivity index (χ1v) is 7.42. The Hall–Kier alpha value is -2.04. The molecule has 5 heteroatoms. The van der Waals surface area contributed by atoms with Crippen LogP contribution in [0.1, 0.15) is 45.6 Å². The highest BCUT2D eigenvalue weighted by molar-refractivity contribution is 5.83. The van der Waals surface area contributed by atoms with Gasteiger partial charge in [-0.05, 0) is 44.0 Å². The SMILES string of the molecule is CCCCC(=O)N/N=C\c1ccc(OCC)c(OCC)c1. The molecule has 0 heterocycles. The van der Waals surface area contributed by atoms with Gasteiger partial charge in [0, 0.05) is 6.42 Å². The van der Waals surface area contributed by atoms with Crippen LogP contribution >= 0.6 is 0 Å². The summed E-state index contributed by atoms with van der Waals surface area (Å²) >= 11 is 0. The van der Waals surface area contributed by atoms with Gasteiger partial charge in [-0.2, -0.15) is 5.10 Å². The molecular formula is C16H24N2O3. The Balaban J connectivity index is 2.66. The molecule has 116 valence electrons. The van der Waals surface area contributed by atoms with Crippen molar-refractivity contribution >= 4 is 12.1 Å². The van der Waals surface area contributed by atoms with Crippen molar-refractivity contribution in [1.29, 1.82) is 0 Å². The van der Waals surface area contributed by atoms with E-state index in [0.29, 0.717) is 31.1 Å². The molecule has 1 rings (SSSR count). The zero-order valence-corrected chi connectivity index (χ0v) is 13.0. The van der Waals surface area contributed by atoms with Gasteiger partial charge in [0.25, 0.3) is 0 Å². The fourth-order valence-corrected chi connectivity index (χ4v) is 1.72. The maximum Gasteiger partial charge on any atom is 0.240 e. The third-order valence-corrected chi connectivity index (χ3v) is 2.73. The van der Waals surface area contributed by atoms with E-state index in [4.69, 9.17) is 9.47 Å². The predicted molar refractivity (Wildman–Crippen MR) is 84.0 cm³/mol. The lowest BCUT2D eigenvalue weighted by molar-refractivity contribution is -0.121. The van der Waals surface area contributed by atoms with Gasteiger partial charge in [0.15, 0.2) is 11.5 Å². The Morgan fingerprint density at radius 2 is 1.90 bits per heavy atom. The zero-order chi connectivity index (χ0) is 15.5. The summed E-state index contributed by atoms with van der Waals surface area (Å²) in [4.78, 5) is 11.4. The predicted octanol–water partition coefficient (Wildman–Crippen LogP) is 3.12. The molecule has 1 aromatic carbocycles. The minimum atomic E-state index is -0.0657. The molecule has 0 unspecified atom stereocenters. The van der Waals surface area contributed by atoms with E-state index in [9.17, 15) is 4.79 Å². The average molecular weight is 292 g/mol. The fraction of sp³-hybridized carbons (Fsp3) is 0.500. The molecule has 0 bridgehead atoms. The van der Waals surface area contributed by atoms with Crippen LogP contribution < -0.4 is 14.9 Å². The number of nitrogens with one attached hydrogen (secondary N) is 1. The summed E-state index contributed by atoms with van der Waals surface area (Å²) in [6.07, 6.45) is 3.97. The second kappa shape index (κ2) is 9.80. The van der Waals surface area contributed by atoms with Gasteiger partial charge in [-0.25, -0.2) is 5.43 Å². The number of hydrogen-bond acceptors (Lipinski definition) is 4. The normalized spacial score (nSPS) is 10.6. The molecule has 5 nitrogen and oxygen atoms in total. The van der Waals surface area contributed by atoms with Gasteiger partial charge in [-0.1, -0.05) is 13.3 Å². The third kappa shape index (κ3) is 6.29. The van der Waals surface area contributed by atoms with Crippen LogP contribution in [0.15, 0.2) is 23.3 Å². The van der Waals surface area contributed by atoms with Crippen molar-refractivity contribution in [2.45, 2.75) is 40.0 Å². The number of unbranched alkanes of at least 4 members (excludes halogenated alkanes) is 1. The molecule has 0 aliphatic carbocycles. The van der Waals surface area contributed by atoms with Gasteiger partial charge in [-0.15, -0.1) is 0 Å². The van der Waals surface area contributed by atoms with E-state index in [0.717, 1.165) is 18.4 Å². The first-order chi connectivity index (χ1) is 10.2. The van der Waals surface area contributed by atoms with Crippen LogP contribution in [0.2, 0.25) is 0 Å². The lowest BCUT2D eigenvalue weighted by atomic mass is 10.2. The minimum Gasteiger partial charge on any atom is -0.490 e. The largest absolute Gasteiger partial charge is 0.490 e. The van der Waals surface area contributed by atoms with Crippen molar-refractivity contribution < 1.29 is 14.3 Å². The molecule has 0 fully saturated rings. The summed E-state index contributed by atoms with van der Waals surface area (Å²) in [5.41, 5.74) is 3.36. The minimum absolute atomic E-state index is 0.0657.